The maximum atomic E-state index is 6.47. The number of ether oxygens (including phenoxy) is 1. The summed E-state index contributed by atoms with van der Waals surface area (Å²) in [5.74, 6) is 0.915. The van der Waals surface area contributed by atoms with Gasteiger partial charge in [0.15, 0.2) is 0 Å². The van der Waals surface area contributed by atoms with E-state index in [0.717, 1.165) is 17.9 Å². The fraction of sp³-hybridized carbons (Fsp3) is 0.167. The second-order valence-electron chi connectivity index (χ2n) is 5.18. The van der Waals surface area contributed by atoms with Gasteiger partial charge in [-0.05, 0) is 0 Å². The second-order valence-corrected chi connectivity index (χ2v) is 8.64. The van der Waals surface area contributed by atoms with Gasteiger partial charge in [-0.1, -0.05) is 0 Å². The minimum absolute atomic E-state index is 0.133. The van der Waals surface area contributed by atoms with Gasteiger partial charge in [0, 0.05) is 0 Å². The van der Waals surface area contributed by atoms with Gasteiger partial charge in [-0.25, -0.2) is 0 Å². The molecule has 0 aliphatic rings. The number of hydrogen-bond acceptors (Lipinski definition) is 2. The predicted molar refractivity (Wildman–Crippen MR) is 99.8 cm³/mol. The fourth-order valence-corrected chi connectivity index (χ4v) is 5.85. The van der Waals surface area contributed by atoms with Gasteiger partial charge in [0.1, 0.15) is 0 Å². The molecular formula is C18H16Cl2N2OSe. The number of benzene rings is 2. The number of nitrogens with zero attached hydrogens (tertiary/aromatic N) is 2. The van der Waals surface area contributed by atoms with Crippen LogP contribution in [0.4, 0.5) is 0 Å². The fourth-order valence-electron chi connectivity index (χ4n) is 2.42. The molecule has 0 bridgehead atoms. The van der Waals surface area contributed by atoms with E-state index in [-0.39, 0.29) is 19.8 Å². The second kappa shape index (κ2) is 8.08. The van der Waals surface area contributed by atoms with Crippen molar-refractivity contribution in [3.63, 3.8) is 0 Å². The Hall–Kier alpha value is -1.45. The number of imidazole rings is 1. The quantitative estimate of drug-likeness (QED) is 0.558. The van der Waals surface area contributed by atoms with Crippen molar-refractivity contribution < 1.29 is 4.74 Å². The molecule has 1 atom stereocenters. The number of halogens is 2. The van der Waals surface area contributed by atoms with Crippen molar-refractivity contribution in [2.45, 2.75) is 11.4 Å². The van der Waals surface area contributed by atoms with Crippen molar-refractivity contribution in [3.8, 4) is 5.75 Å². The normalized spacial score (nSPS) is 12.1. The third-order valence-corrected chi connectivity index (χ3v) is 6.83. The number of rotatable bonds is 6. The Morgan fingerprint density at radius 3 is 2.75 bits per heavy atom. The maximum absolute atomic E-state index is 6.47. The van der Waals surface area contributed by atoms with E-state index in [0.29, 0.717) is 10.0 Å². The Kier molecular flexibility index (Phi) is 5.85. The Morgan fingerprint density at radius 2 is 2.04 bits per heavy atom. The van der Waals surface area contributed by atoms with Gasteiger partial charge in [-0.2, -0.15) is 0 Å². The molecule has 3 nitrogen and oxygen atoms in total. The molecule has 0 saturated heterocycles. The molecule has 0 N–H and O–H groups in total. The first-order valence-corrected chi connectivity index (χ1v) is 9.98. The van der Waals surface area contributed by atoms with Crippen molar-refractivity contribution in [2.75, 3.05) is 7.11 Å². The molecule has 0 aliphatic carbocycles. The molecule has 0 radical (unpaired) electrons. The van der Waals surface area contributed by atoms with Crippen LogP contribution >= 0.6 is 23.2 Å². The first kappa shape index (κ1) is 17.4. The van der Waals surface area contributed by atoms with Gasteiger partial charge in [0.05, 0.1) is 0 Å². The summed E-state index contributed by atoms with van der Waals surface area (Å²) in [4.78, 5) is 4.38. The van der Waals surface area contributed by atoms with Crippen LogP contribution < -0.4 is 9.20 Å². The van der Waals surface area contributed by atoms with Crippen molar-refractivity contribution in [1.82, 2.24) is 9.55 Å². The van der Waals surface area contributed by atoms with E-state index in [1.165, 1.54) is 4.46 Å². The molecule has 1 aromatic heterocycles. The van der Waals surface area contributed by atoms with Gasteiger partial charge < -0.3 is 0 Å². The minimum atomic E-state index is 0.133. The topological polar surface area (TPSA) is 27.1 Å². The molecule has 1 unspecified atom stereocenters. The van der Waals surface area contributed by atoms with Crippen molar-refractivity contribution >= 4 is 42.6 Å². The van der Waals surface area contributed by atoms with E-state index in [1.54, 1.807) is 19.4 Å². The van der Waals surface area contributed by atoms with Crippen LogP contribution in [0.2, 0.25) is 10.0 Å². The zero-order chi connectivity index (χ0) is 16.9. The van der Waals surface area contributed by atoms with Crippen LogP contribution in [0.25, 0.3) is 0 Å². The van der Waals surface area contributed by atoms with Crippen LogP contribution in [0.15, 0.2) is 61.2 Å². The number of hydrogen-bond donors (Lipinski definition) is 0. The summed E-state index contributed by atoms with van der Waals surface area (Å²) < 4.78 is 8.80. The zero-order valence-corrected chi connectivity index (χ0v) is 16.2. The zero-order valence-electron chi connectivity index (χ0n) is 13.0. The molecule has 24 heavy (non-hydrogen) atoms. The number of aromatic nitrogens is 2. The number of para-hydroxylation sites is 1. The van der Waals surface area contributed by atoms with Gasteiger partial charge in [-0.3, -0.25) is 0 Å². The van der Waals surface area contributed by atoms with E-state index < -0.39 is 0 Å². The standard InChI is InChI=1S/C18H16Cl2N2OSe/c1-23-16-4-2-3-5-17(16)24-18(11-22-9-8-21-12-22)14-7-6-13(19)10-15(14)20/h2-10,12,18H,11H2,1H3. The molecule has 6 heteroatoms. The summed E-state index contributed by atoms with van der Waals surface area (Å²) in [6.45, 7) is 0.805. The molecule has 0 amide bonds. The Morgan fingerprint density at radius 1 is 1.21 bits per heavy atom. The van der Waals surface area contributed by atoms with E-state index in [9.17, 15) is 0 Å². The van der Waals surface area contributed by atoms with Gasteiger partial charge in [0.2, 0.25) is 0 Å². The molecule has 124 valence electrons. The molecule has 3 aromatic rings. The molecule has 1 heterocycles. The summed E-state index contributed by atoms with van der Waals surface area (Å²) in [5.41, 5.74) is 1.10. The molecular weight excluding hydrogens is 410 g/mol. The van der Waals surface area contributed by atoms with Gasteiger partial charge in [0.25, 0.3) is 0 Å². The molecule has 0 saturated carbocycles. The van der Waals surface area contributed by atoms with Crippen molar-refractivity contribution in [1.29, 1.82) is 0 Å². The van der Waals surface area contributed by atoms with E-state index in [4.69, 9.17) is 27.9 Å². The van der Waals surface area contributed by atoms with Crippen molar-refractivity contribution in [3.05, 3.63) is 76.8 Å². The van der Waals surface area contributed by atoms with E-state index >= 15 is 0 Å². The molecule has 0 spiro atoms. The Balaban J connectivity index is 1.95. The van der Waals surface area contributed by atoms with E-state index in [1.807, 2.05) is 42.9 Å². The average Bonchev–Trinajstić information content (AvgIpc) is 3.08. The summed E-state index contributed by atoms with van der Waals surface area (Å²) >= 11 is 12.7. The molecule has 0 aliphatic heterocycles. The SMILES string of the molecule is COc1ccccc1[Se]C(Cn1ccnc1)c1ccc(Cl)cc1Cl. The van der Waals surface area contributed by atoms with Gasteiger partial charge >= 0.3 is 158 Å². The summed E-state index contributed by atoms with van der Waals surface area (Å²) in [6, 6.07) is 13.8. The Labute approximate surface area is 157 Å². The van der Waals surface area contributed by atoms with Crippen LogP contribution in [0.3, 0.4) is 0 Å². The first-order valence-electron chi connectivity index (χ1n) is 7.37. The number of methoxy groups -OCH3 is 1. The predicted octanol–water partition coefficient (Wildman–Crippen LogP) is 3.97. The van der Waals surface area contributed by atoms with Crippen LogP contribution in [0, 0.1) is 0 Å². The first-order chi connectivity index (χ1) is 11.7. The van der Waals surface area contributed by atoms with Gasteiger partial charge in [-0.15, -0.1) is 0 Å². The monoisotopic (exact) mass is 426 g/mol. The summed E-state index contributed by atoms with van der Waals surface area (Å²) in [6.07, 6.45) is 5.58. The third kappa shape index (κ3) is 4.14. The van der Waals surface area contributed by atoms with Crippen LogP contribution in [0.5, 0.6) is 5.75 Å². The third-order valence-electron chi connectivity index (χ3n) is 3.58. The van der Waals surface area contributed by atoms with Crippen LogP contribution in [-0.2, 0) is 6.54 Å². The van der Waals surface area contributed by atoms with Crippen molar-refractivity contribution in [2.24, 2.45) is 0 Å². The summed E-state index contributed by atoms with van der Waals surface area (Å²) in [5, 5.41) is 1.35. The van der Waals surface area contributed by atoms with E-state index in [2.05, 4.69) is 15.6 Å². The molecule has 0 fully saturated rings. The summed E-state index contributed by atoms with van der Waals surface area (Å²) in [7, 11) is 1.70. The average molecular weight is 426 g/mol. The molecule has 2 aromatic carbocycles. The van der Waals surface area contributed by atoms with Crippen LogP contribution in [-0.4, -0.2) is 31.6 Å². The Bertz CT molecular complexity index is 809. The molecule has 3 rings (SSSR count). The van der Waals surface area contributed by atoms with Crippen LogP contribution in [0.1, 0.15) is 10.4 Å².